The lowest BCUT2D eigenvalue weighted by Crippen LogP contribution is -2.42. The van der Waals surface area contributed by atoms with E-state index in [1.54, 1.807) is 24.3 Å². The highest BCUT2D eigenvalue weighted by molar-refractivity contribution is 7.89. The molecule has 0 atom stereocenters. The van der Waals surface area contributed by atoms with Crippen molar-refractivity contribution in [1.29, 1.82) is 0 Å². The van der Waals surface area contributed by atoms with E-state index < -0.39 is 21.8 Å². The van der Waals surface area contributed by atoms with Crippen molar-refractivity contribution in [3.63, 3.8) is 0 Å². The van der Waals surface area contributed by atoms with E-state index in [1.807, 2.05) is 13.8 Å². The second-order valence-electron chi connectivity index (χ2n) is 5.53. The molecule has 0 unspecified atom stereocenters. The molecule has 0 aliphatic heterocycles. The Labute approximate surface area is 156 Å². The average molecular weight is 396 g/mol. The molecular formula is C17H21N3O4S2. The van der Waals surface area contributed by atoms with Crippen molar-refractivity contribution in [1.82, 2.24) is 15.6 Å². The van der Waals surface area contributed by atoms with Crippen LogP contribution in [0.4, 0.5) is 0 Å². The van der Waals surface area contributed by atoms with Gasteiger partial charge in [-0.1, -0.05) is 25.1 Å². The number of hydrogen-bond donors (Lipinski definition) is 3. The molecule has 3 N–H and O–H groups in total. The van der Waals surface area contributed by atoms with Crippen LogP contribution in [0.3, 0.4) is 0 Å². The summed E-state index contributed by atoms with van der Waals surface area (Å²) in [6.45, 7) is 3.87. The number of benzene rings is 1. The summed E-state index contributed by atoms with van der Waals surface area (Å²) in [5.74, 6) is -0.880. The highest BCUT2D eigenvalue weighted by atomic mass is 32.2. The standard InChI is InChI=1S/C17H21N3O4S2/c1-3-14-12(2)11-15(25-14)17(22)20-19-16(21)9-10-18-26(23,24)13-7-5-4-6-8-13/h4-8,11,18H,3,9-10H2,1-2H3,(H,19,21)(H,20,22). The Balaban J connectivity index is 1.77. The van der Waals surface area contributed by atoms with Crippen LogP contribution >= 0.6 is 11.3 Å². The molecular weight excluding hydrogens is 374 g/mol. The van der Waals surface area contributed by atoms with Gasteiger partial charge in [0.2, 0.25) is 15.9 Å². The first-order chi connectivity index (χ1) is 12.3. The summed E-state index contributed by atoms with van der Waals surface area (Å²) in [5, 5.41) is 0. The Morgan fingerprint density at radius 1 is 1.12 bits per heavy atom. The molecule has 0 bridgehead atoms. The van der Waals surface area contributed by atoms with Crippen LogP contribution in [0, 0.1) is 6.92 Å². The Hall–Kier alpha value is -2.23. The van der Waals surface area contributed by atoms with Gasteiger partial charge in [0.25, 0.3) is 5.91 Å². The maximum absolute atomic E-state index is 12.0. The summed E-state index contributed by atoms with van der Waals surface area (Å²) in [7, 11) is -3.65. The number of nitrogens with one attached hydrogen (secondary N) is 3. The van der Waals surface area contributed by atoms with E-state index in [4.69, 9.17) is 0 Å². The predicted molar refractivity (Wildman–Crippen MR) is 100 cm³/mol. The van der Waals surface area contributed by atoms with Crippen LogP contribution in [-0.2, 0) is 21.2 Å². The number of amides is 2. The van der Waals surface area contributed by atoms with Gasteiger partial charge in [0.05, 0.1) is 9.77 Å². The Morgan fingerprint density at radius 3 is 2.42 bits per heavy atom. The number of sulfonamides is 1. The van der Waals surface area contributed by atoms with Gasteiger partial charge in [0.1, 0.15) is 0 Å². The minimum Gasteiger partial charge on any atom is -0.273 e. The van der Waals surface area contributed by atoms with Crippen molar-refractivity contribution >= 4 is 33.2 Å². The molecule has 0 saturated heterocycles. The second kappa shape index (κ2) is 8.93. The molecule has 2 rings (SSSR count). The quantitative estimate of drug-likeness (QED) is 0.621. The highest BCUT2D eigenvalue weighted by Crippen LogP contribution is 2.21. The van der Waals surface area contributed by atoms with E-state index >= 15 is 0 Å². The van der Waals surface area contributed by atoms with Gasteiger partial charge in [-0.3, -0.25) is 20.4 Å². The predicted octanol–water partition coefficient (Wildman–Crippen LogP) is 1.75. The maximum Gasteiger partial charge on any atom is 0.279 e. The molecule has 0 fully saturated rings. The smallest absolute Gasteiger partial charge is 0.273 e. The second-order valence-corrected chi connectivity index (χ2v) is 8.44. The Bertz CT molecular complexity index is 877. The molecule has 2 amide bonds. The zero-order valence-electron chi connectivity index (χ0n) is 14.5. The third kappa shape index (κ3) is 5.38. The van der Waals surface area contributed by atoms with Crippen LogP contribution in [0.2, 0.25) is 0 Å². The van der Waals surface area contributed by atoms with Crippen molar-refractivity contribution in [2.45, 2.75) is 31.6 Å². The largest absolute Gasteiger partial charge is 0.279 e. The third-order valence-corrected chi connectivity index (χ3v) is 6.44. The van der Waals surface area contributed by atoms with Crippen molar-refractivity contribution in [3.8, 4) is 0 Å². The average Bonchev–Trinajstić information content (AvgIpc) is 3.01. The van der Waals surface area contributed by atoms with Crippen LogP contribution in [0.1, 0.15) is 33.5 Å². The monoisotopic (exact) mass is 395 g/mol. The molecule has 1 aromatic heterocycles. The lowest BCUT2D eigenvalue weighted by molar-refractivity contribution is -0.121. The van der Waals surface area contributed by atoms with Gasteiger partial charge >= 0.3 is 0 Å². The molecule has 2 aromatic rings. The molecule has 1 heterocycles. The zero-order chi connectivity index (χ0) is 19.2. The summed E-state index contributed by atoms with van der Waals surface area (Å²) in [6.07, 6.45) is 0.744. The van der Waals surface area contributed by atoms with Crippen molar-refractivity contribution < 1.29 is 18.0 Å². The first-order valence-corrected chi connectivity index (χ1v) is 10.4. The van der Waals surface area contributed by atoms with Gasteiger partial charge in [-0.25, -0.2) is 13.1 Å². The van der Waals surface area contributed by atoms with Crippen LogP contribution in [0.25, 0.3) is 0 Å². The molecule has 0 spiro atoms. The fourth-order valence-corrected chi connectivity index (χ4v) is 4.28. The van der Waals surface area contributed by atoms with Gasteiger partial charge in [-0.2, -0.15) is 0 Å². The maximum atomic E-state index is 12.0. The zero-order valence-corrected chi connectivity index (χ0v) is 16.2. The van der Waals surface area contributed by atoms with E-state index in [2.05, 4.69) is 15.6 Å². The van der Waals surface area contributed by atoms with Crippen LogP contribution in [-0.4, -0.2) is 26.8 Å². The first kappa shape index (κ1) is 20.1. The van der Waals surface area contributed by atoms with Crippen LogP contribution in [0.15, 0.2) is 41.3 Å². The molecule has 9 heteroatoms. The summed E-state index contributed by atoms with van der Waals surface area (Å²) in [6, 6.07) is 9.67. The Morgan fingerprint density at radius 2 is 1.81 bits per heavy atom. The number of carbonyl (C=O) groups excluding carboxylic acids is 2. The van der Waals surface area contributed by atoms with Crippen LogP contribution < -0.4 is 15.6 Å². The number of hydrogen-bond acceptors (Lipinski definition) is 5. The van der Waals surface area contributed by atoms with Crippen molar-refractivity contribution in [2.75, 3.05) is 6.54 Å². The molecule has 7 nitrogen and oxygen atoms in total. The third-order valence-electron chi connectivity index (χ3n) is 3.58. The van der Waals surface area contributed by atoms with E-state index in [1.165, 1.54) is 23.5 Å². The highest BCUT2D eigenvalue weighted by Gasteiger charge is 2.15. The normalized spacial score (nSPS) is 11.2. The number of carbonyl (C=O) groups is 2. The number of hydrazine groups is 1. The van der Waals surface area contributed by atoms with Gasteiger partial charge in [-0.05, 0) is 37.1 Å². The fourth-order valence-electron chi connectivity index (χ4n) is 2.22. The van der Waals surface area contributed by atoms with Crippen LogP contribution in [0.5, 0.6) is 0 Å². The SMILES string of the molecule is CCc1sc(C(=O)NNC(=O)CCNS(=O)(=O)c2ccccc2)cc1C. The van der Waals surface area contributed by atoms with E-state index in [9.17, 15) is 18.0 Å². The fraction of sp³-hybridized carbons (Fsp3) is 0.294. The Kier molecular flexibility index (Phi) is 6.90. The van der Waals surface area contributed by atoms with Crippen molar-refractivity contribution in [2.24, 2.45) is 0 Å². The lowest BCUT2D eigenvalue weighted by Gasteiger charge is -2.08. The molecule has 0 radical (unpaired) electrons. The molecule has 0 aliphatic carbocycles. The minimum atomic E-state index is -3.65. The van der Waals surface area contributed by atoms with Gasteiger partial charge in [0.15, 0.2) is 0 Å². The van der Waals surface area contributed by atoms with Gasteiger partial charge in [0, 0.05) is 17.8 Å². The number of aryl methyl sites for hydroxylation is 2. The first-order valence-electron chi connectivity index (χ1n) is 8.06. The molecule has 0 aliphatic rings. The number of rotatable bonds is 7. The van der Waals surface area contributed by atoms with Crippen molar-refractivity contribution in [3.05, 3.63) is 51.7 Å². The molecule has 26 heavy (non-hydrogen) atoms. The van der Waals surface area contributed by atoms with Gasteiger partial charge in [-0.15, -0.1) is 11.3 Å². The molecule has 0 saturated carbocycles. The molecule has 1 aromatic carbocycles. The summed E-state index contributed by atoms with van der Waals surface area (Å²) in [5.41, 5.74) is 5.67. The lowest BCUT2D eigenvalue weighted by atomic mass is 10.2. The number of thiophene rings is 1. The van der Waals surface area contributed by atoms with E-state index in [-0.39, 0.29) is 17.9 Å². The molecule has 140 valence electrons. The van der Waals surface area contributed by atoms with E-state index in [0.717, 1.165) is 16.9 Å². The minimum absolute atomic E-state index is 0.0724. The van der Waals surface area contributed by atoms with Gasteiger partial charge < -0.3 is 0 Å². The van der Waals surface area contributed by atoms with E-state index in [0.29, 0.717) is 4.88 Å². The summed E-state index contributed by atoms with van der Waals surface area (Å²) >= 11 is 1.38. The summed E-state index contributed by atoms with van der Waals surface area (Å²) < 4.78 is 26.4. The topological polar surface area (TPSA) is 104 Å². The summed E-state index contributed by atoms with van der Waals surface area (Å²) in [4.78, 5) is 25.6.